The predicted octanol–water partition coefficient (Wildman–Crippen LogP) is 0.249. The van der Waals surface area contributed by atoms with Gasteiger partial charge in [0.1, 0.15) is 0 Å². The molecule has 0 atom stereocenters. The Morgan fingerprint density at radius 3 is 1.25 bits per heavy atom. The maximum Gasteiger partial charge on any atom is 0.281 e. The van der Waals surface area contributed by atoms with Crippen LogP contribution in [0, 0.1) is 0 Å². The van der Waals surface area contributed by atoms with Gasteiger partial charge >= 0.3 is 0 Å². The van der Waals surface area contributed by atoms with Gasteiger partial charge in [0.25, 0.3) is 6.79 Å². The molecular formula is CORhS. The Hall–Kier alpha value is 0.643. The maximum absolute atomic E-state index is 7.50. The van der Waals surface area contributed by atoms with Crippen LogP contribution in [-0.2, 0) is 24.3 Å². The number of carbonyl (C=O) groups excluding carboxylic acids is 1. The molecule has 0 aliphatic carbocycles. The first kappa shape index (κ1) is 22.8. The standard InChI is InChI=1S/CO.Rh.S/c1-2;;. The smallest absolute Gasteiger partial charge is 0.281 e. The van der Waals surface area contributed by atoms with Gasteiger partial charge in [-0.3, -0.25) is 4.79 Å². The van der Waals surface area contributed by atoms with Crippen LogP contribution in [0.25, 0.3) is 0 Å². The average Bonchev–Trinajstić information content (AvgIpc) is 1.00. The van der Waals surface area contributed by atoms with E-state index in [0.29, 0.717) is 0 Å². The summed E-state index contributed by atoms with van der Waals surface area (Å²) in [7, 11) is 0. The second kappa shape index (κ2) is 61.5. The third-order valence-electron chi connectivity index (χ3n) is 0. The van der Waals surface area contributed by atoms with Crippen molar-refractivity contribution < 1.29 is 24.3 Å². The van der Waals surface area contributed by atoms with Crippen LogP contribution >= 0.6 is 13.5 Å². The van der Waals surface area contributed by atoms with E-state index in [1.807, 2.05) is 0 Å². The molecule has 0 aromatic heterocycles. The fourth-order valence-electron chi connectivity index (χ4n) is 0. The molecule has 5 radical (unpaired) electrons. The van der Waals surface area contributed by atoms with Crippen LogP contribution < -0.4 is 0 Å². The summed E-state index contributed by atoms with van der Waals surface area (Å²) in [6, 6.07) is 0. The molecule has 0 rings (SSSR count). The van der Waals surface area contributed by atoms with Gasteiger partial charge in [-0.1, -0.05) is 0 Å². The van der Waals surface area contributed by atoms with Crippen molar-refractivity contribution >= 4 is 20.3 Å². The number of rotatable bonds is 0. The second-order valence-corrected chi connectivity index (χ2v) is 0. The van der Waals surface area contributed by atoms with E-state index in [1.165, 1.54) is 0 Å². The molecule has 0 saturated heterocycles. The van der Waals surface area contributed by atoms with Crippen molar-refractivity contribution in [1.82, 2.24) is 0 Å². The molecule has 0 fully saturated rings. The average molecular weight is 163 g/mol. The first-order valence-corrected chi connectivity index (χ1v) is 0.204. The molecule has 0 amide bonds. The summed E-state index contributed by atoms with van der Waals surface area (Å²) in [4.78, 5) is 7.50. The Labute approximate surface area is 45.0 Å². The second-order valence-electron chi connectivity index (χ2n) is 0. The molecule has 25 valence electrons. The first-order chi connectivity index (χ1) is 1.00. The predicted molar refractivity (Wildman–Crippen MR) is 13.3 cm³/mol. The molecular weight excluding hydrogens is 163 g/mol. The van der Waals surface area contributed by atoms with E-state index in [-0.39, 0.29) is 33.0 Å². The zero-order valence-electron chi connectivity index (χ0n) is 1.65. The molecule has 0 saturated carbocycles. The number of hydrogen-bond acceptors (Lipinski definition) is 1. The van der Waals surface area contributed by atoms with Gasteiger partial charge in [-0.2, -0.15) is 0 Å². The maximum atomic E-state index is 7.50. The Kier molecular flexibility index (Phi) is 351. The van der Waals surface area contributed by atoms with Gasteiger partial charge in [-0.25, -0.2) is 0 Å². The largest absolute Gasteiger partial charge is 0.281 e. The molecule has 0 aliphatic rings. The van der Waals surface area contributed by atoms with Crippen LogP contribution in [0.15, 0.2) is 0 Å². The zero-order chi connectivity index (χ0) is 2.00. The van der Waals surface area contributed by atoms with Crippen LogP contribution in [-0.4, -0.2) is 6.79 Å². The van der Waals surface area contributed by atoms with Gasteiger partial charge in [-0.05, 0) is 0 Å². The van der Waals surface area contributed by atoms with E-state index in [0.717, 1.165) is 0 Å². The van der Waals surface area contributed by atoms with E-state index in [9.17, 15) is 0 Å². The van der Waals surface area contributed by atoms with Crippen LogP contribution in [0.5, 0.6) is 0 Å². The Morgan fingerprint density at radius 1 is 1.25 bits per heavy atom. The molecule has 4 heavy (non-hydrogen) atoms. The molecule has 0 unspecified atom stereocenters. The third kappa shape index (κ3) is 17.2. The van der Waals surface area contributed by atoms with Crippen molar-refractivity contribution in [2.75, 3.05) is 0 Å². The van der Waals surface area contributed by atoms with Gasteiger partial charge in [0.05, 0.1) is 0 Å². The molecule has 0 N–H and O–H groups in total. The molecule has 3 heteroatoms. The summed E-state index contributed by atoms with van der Waals surface area (Å²) >= 11 is 0. The van der Waals surface area contributed by atoms with Gasteiger partial charge in [0.2, 0.25) is 0 Å². The topological polar surface area (TPSA) is 17.1 Å². The quantitative estimate of drug-likeness (QED) is 0.467. The van der Waals surface area contributed by atoms with E-state index in [1.54, 1.807) is 0 Å². The Bertz CT molecular complexity index is 8.00. The normalized spacial score (nSPS) is 1.00. The minimum atomic E-state index is 0. The molecule has 0 heterocycles. The van der Waals surface area contributed by atoms with E-state index in [2.05, 4.69) is 6.79 Å². The Morgan fingerprint density at radius 2 is 1.25 bits per heavy atom. The fourth-order valence-corrected chi connectivity index (χ4v) is 0. The van der Waals surface area contributed by atoms with Crippen molar-refractivity contribution in [1.29, 1.82) is 0 Å². The van der Waals surface area contributed by atoms with Crippen molar-refractivity contribution in [3.05, 3.63) is 0 Å². The van der Waals surface area contributed by atoms with E-state index < -0.39 is 0 Å². The molecule has 0 spiro atoms. The Balaban J connectivity index is -0.00000000500. The van der Waals surface area contributed by atoms with Gasteiger partial charge < -0.3 is 0 Å². The fraction of sp³-hybridized carbons (Fsp3) is 0. The van der Waals surface area contributed by atoms with E-state index >= 15 is 0 Å². The number of hydrogen-bond donors (Lipinski definition) is 0. The van der Waals surface area contributed by atoms with Gasteiger partial charge in [0.15, 0.2) is 0 Å². The van der Waals surface area contributed by atoms with Gasteiger partial charge in [0, 0.05) is 33.0 Å². The van der Waals surface area contributed by atoms with Crippen molar-refractivity contribution in [2.45, 2.75) is 0 Å². The minimum Gasteiger partial charge on any atom is -0.281 e. The first-order valence-electron chi connectivity index (χ1n) is 0.204. The molecule has 0 aromatic rings. The van der Waals surface area contributed by atoms with Crippen LogP contribution in [0.3, 0.4) is 0 Å². The SMILES string of the molecule is [C]=O.[Rh].[S]. The van der Waals surface area contributed by atoms with Crippen molar-refractivity contribution in [2.24, 2.45) is 0 Å². The summed E-state index contributed by atoms with van der Waals surface area (Å²) in [6.45, 7) is 4.50. The summed E-state index contributed by atoms with van der Waals surface area (Å²) in [5.74, 6) is 0. The van der Waals surface area contributed by atoms with Crippen LogP contribution in [0.2, 0.25) is 0 Å². The zero-order valence-corrected chi connectivity index (χ0v) is 4.11. The van der Waals surface area contributed by atoms with Crippen molar-refractivity contribution in [3.63, 3.8) is 0 Å². The summed E-state index contributed by atoms with van der Waals surface area (Å²) in [5, 5.41) is 0. The molecule has 1 nitrogen and oxygen atoms in total. The third-order valence-corrected chi connectivity index (χ3v) is 0. The molecule has 0 aliphatic heterocycles. The molecule has 0 aromatic carbocycles. The monoisotopic (exact) mass is 163 g/mol. The summed E-state index contributed by atoms with van der Waals surface area (Å²) in [6.07, 6.45) is 0. The summed E-state index contributed by atoms with van der Waals surface area (Å²) < 4.78 is 0. The van der Waals surface area contributed by atoms with Crippen LogP contribution in [0.1, 0.15) is 0 Å². The van der Waals surface area contributed by atoms with Crippen LogP contribution in [0.4, 0.5) is 0 Å². The van der Waals surface area contributed by atoms with Crippen molar-refractivity contribution in [3.8, 4) is 0 Å². The van der Waals surface area contributed by atoms with E-state index in [4.69, 9.17) is 4.79 Å². The molecule has 0 bridgehead atoms. The summed E-state index contributed by atoms with van der Waals surface area (Å²) in [5.41, 5.74) is 0. The van der Waals surface area contributed by atoms with Gasteiger partial charge in [-0.15, -0.1) is 0 Å². The minimum absolute atomic E-state index is 0.